The van der Waals surface area contributed by atoms with E-state index in [0.717, 1.165) is 15.1 Å². The summed E-state index contributed by atoms with van der Waals surface area (Å²) in [7, 11) is -8.59. The molecule has 5 rings (SSSR count). The van der Waals surface area contributed by atoms with Crippen molar-refractivity contribution in [3.63, 3.8) is 0 Å². The molecule has 1 aliphatic carbocycles. The lowest BCUT2D eigenvalue weighted by molar-refractivity contribution is 0.0503. The molecule has 9 nitrogen and oxygen atoms in total. The van der Waals surface area contributed by atoms with Crippen molar-refractivity contribution in [2.24, 2.45) is 0 Å². The first-order valence-electron chi connectivity index (χ1n) is 12.0. The number of alkyl carbamates (subject to hydrolysis) is 1. The number of amides is 1. The van der Waals surface area contributed by atoms with Gasteiger partial charge in [-0.1, -0.05) is 30.3 Å². The van der Waals surface area contributed by atoms with E-state index in [9.17, 15) is 21.6 Å². The Hall–Kier alpha value is -3.70. The highest BCUT2D eigenvalue weighted by molar-refractivity contribution is 7.93. The van der Waals surface area contributed by atoms with Gasteiger partial charge in [0.15, 0.2) is 10.1 Å². The van der Waals surface area contributed by atoms with Gasteiger partial charge in [0.1, 0.15) is 5.60 Å². The van der Waals surface area contributed by atoms with Gasteiger partial charge >= 0.3 is 6.09 Å². The molecule has 1 aliphatic rings. The quantitative estimate of drug-likeness (QED) is 0.382. The number of rotatable bonds is 5. The topological polar surface area (TPSA) is 124 Å². The van der Waals surface area contributed by atoms with E-state index < -0.39 is 31.6 Å². The highest BCUT2D eigenvalue weighted by atomic mass is 32.2. The van der Waals surface area contributed by atoms with E-state index in [1.54, 1.807) is 63.2 Å². The summed E-state index contributed by atoms with van der Waals surface area (Å²) in [6.45, 7) is 5.33. The van der Waals surface area contributed by atoms with Gasteiger partial charge in [0, 0.05) is 11.6 Å². The summed E-state index contributed by atoms with van der Waals surface area (Å²) in [4.78, 5) is 16.2. The molecular formula is C27H27N3O6S2. The summed E-state index contributed by atoms with van der Waals surface area (Å²) < 4.78 is 61.3. The Morgan fingerprint density at radius 2 is 1.74 bits per heavy atom. The largest absolute Gasteiger partial charge is 0.444 e. The minimum atomic E-state index is -4.33. The number of hydrogen-bond donors (Lipinski definition) is 1. The average Bonchev–Trinajstić information content (AvgIpc) is 3.45. The summed E-state index contributed by atoms with van der Waals surface area (Å²) in [5.74, 6) is 0. The van der Waals surface area contributed by atoms with Gasteiger partial charge < -0.3 is 10.1 Å². The summed E-state index contributed by atoms with van der Waals surface area (Å²) >= 11 is 0. The lowest BCUT2D eigenvalue weighted by Gasteiger charge is -2.22. The second kappa shape index (κ2) is 9.25. The number of para-hydroxylation sites is 1. The minimum Gasteiger partial charge on any atom is -0.444 e. The molecule has 11 heteroatoms. The second-order valence-corrected chi connectivity index (χ2v) is 13.7. The van der Waals surface area contributed by atoms with Crippen molar-refractivity contribution < 1.29 is 26.4 Å². The van der Waals surface area contributed by atoms with E-state index in [4.69, 9.17) is 4.74 Å². The van der Waals surface area contributed by atoms with Gasteiger partial charge in [0.25, 0.3) is 10.0 Å². The lowest BCUT2D eigenvalue weighted by Crippen LogP contribution is -2.34. The van der Waals surface area contributed by atoms with Gasteiger partial charge in [-0.05, 0) is 81.1 Å². The van der Waals surface area contributed by atoms with E-state index >= 15 is 0 Å². The van der Waals surface area contributed by atoms with Crippen LogP contribution < -0.4 is 5.32 Å². The van der Waals surface area contributed by atoms with Crippen molar-refractivity contribution >= 4 is 36.9 Å². The number of carbonyl (C=O) groups excluding carboxylic acids is 1. The first-order chi connectivity index (χ1) is 17.9. The molecule has 0 radical (unpaired) electrons. The molecular weight excluding hydrogens is 526 g/mol. The second-order valence-electron chi connectivity index (χ2n) is 10.1. The molecule has 198 valence electrons. The molecule has 2 aromatic heterocycles. The third kappa shape index (κ3) is 4.67. The first kappa shape index (κ1) is 25.9. The van der Waals surface area contributed by atoms with Crippen LogP contribution in [0.3, 0.4) is 0 Å². The fraction of sp³-hybridized carbons (Fsp3) is 0.259. The Balaban J connectivity index is 1.56. The number of pyridine rings is 1. The molecule has 0 bridgehead atoms. The number of nitrogens with zero attached hydrogens (tertiary/aromatic N) is 2. The normalized spacial score (nSPS) is 15.8. The molecule has 0 saturated carbocycles. The molecule has 38 heavy (non-hydrogen) atoms. The number of aromatic nitrogens is 2. The number of benzene rings is 2. The van der Waals surface area contributed by atoms with E-state index in [2.05, 4.69) is 10.3 Å². The molecule has 1 amide bonds. The predicted molar refractivity (Wildman–Crippen MR) is 141 cm³/mol. The summed E-state index contributed by atoms with van der Waals surface area (Å²) in [5.41, 5.74) is 1.16. The zero-order chi connectivity index (χ0) is 27.3. The molecule has 2 heterocycles. The number of ether oxygens (including phenoxy) is 1. The minimum absolute atomic E-state index is 0.0329. The monoisotopic (exact) mass is 553 g/mol. The third-order valence-corrected chi connectivity index (χ3v) is 9.73. The Kier molecular flexibility index (Phi) is 6.31. The van der Waals surface area contributed by atoms with Crippen molar-refractivity contribution in [2.75, 3.05) is 0 Å². The Labute approximate surface area is 221 Å². The van der Waals surface area contributed by atoms with Gasteiger partial charge in [-0.2, -0.15) is 8.42 Å². The van der Waals surface area contributed by atoms with Gasteiger partial charge in [-0.15, -0.1) is 0 Å². The fourth-order valence-electron chi connectivity index (χ4n) is 4.61. The highest BCUT2D eigenvalue weighted by Gasteiger charge is 2.33. The Morgan fingerprint density at radius 1 is 1.00 bits per heavy atom. The number of hydrogen-bond acceptors (Lipinski definition) is 7. The van der Waals surface area contributed by atoms with Crippen LogP contribution in [-0.2, 0) is 31.0 Å². The molecule has 0 aliphatic heterocycles. The average molecular weight is 554 g/mol. The molecule has 4 aromatic rings. The molecule has 1 N–H and O–H groups in total. The number of sulfone groups is 1. The van der Waals surface area contributed by atoms with Crippen LogP contribution in [0.1, 0.15) is 44.4 Å². The van der Waals surface area contributed by atoms with Crippen LogP contribution in [-0.4, -0.2) is 37.5 Å². The smallest absolute Gasteiger partial charge is 0.408 e. The number of carbonyl (C=O) groups is 1. The zero-order valence-corrected chi connectivity index (χ0v) is 22.7. The van der Waals surface area contributed by atoms with Crippen molar-refractivity contribution in [2.45, 2.75) is 60.2 Å². The van der Waals surface area contributed by atoms with E-state index in [1.165, 1.54) is 30.5 Å². The van der Waals surface area contributed by atoms with Crippen LogP contribution >= 0.6 is 0 Å². The number of aryl methyl sites for hydroxylation is 1. The van der Waals surface area contributed by atoms with Gasteiger partial charge in [-0.3, -0.25) is 0 Å². The van der Waals surface area contributed by atoms with Crippen LogP contribution in [0, 0.1) is 0 Å². The van der Waals surface area contributed by atoms with E-state index in [-0.39, 0.29) is 26.5 Å². The maximum atomic E-state index is 13.9. The van der Waals surface area contributed by atoms with Crippen LogP contribution in [0.5, 0.6) is 0 Å². The van der Waals surface area contributed by atoms with Gasteiger partial charge in [0.05, 0.1) is 16.5 Å². The molecule has 0 fully saturated rings. The predicted octanol–water partition coefficient (Wildman–Crippen LogP) is 4.62. The summed E-state index contributed by atoms with van der Waals surface area (Å²) in [6, 6.07) is 16.7. The van der Waals surface area contributed by atoms with Gasteiger partial charge in [-0.25, -0.2) is 22.2 Å². The maximum Gasteiger partial charge on any atom is 0.408 e. The van der Waals surface area contributed by atoms with Crippen LogP contribution in [0.15, 0.2) is 87.9 Å². The SMILES string of the molecule is CC(C)(C)OC(=O)NC1CCc2cc(S(=O)(=O)c3cc4ccccc4n3S(=O)(=O)c3ccccn3)ccc21. The van der Waals surface area contributed by atoms with Crippen molar-refractivity contribution in [1.29, 1.82) is 0 Å². The van der Waals surface area contributed by atoms with Crippen molar-refractivity contribution in [3.05, 3.63) is 84.1 Å². The third-order valence-electron chi connectivity index (χ3n) is 6.25. The fourth-order valence-corrected chi connectivity index (χ4v) is 7.93. The summed E-state index contributed by atoms with van der Waals surface area (Å²) in [6.07, 6.45) is 1.94. The molecule has 0 saturated heterocycles. The standard InChI is InChI=1S/C27H27N3O6S2/c1-27(2,3)36-26(31)29-22-14-11-18-16-20(12-13-21(18)22)37(32,33)25-17-19-8-4-5-9-23(19)30(25)38(34,35)24-10-6-7-15-28-24/h4-10,12-13,15-17,22H,11,14H2,1-3H3,(H,29,31). The van der Waals surface area contributed by atoms with Crippen LogP contribution in [0.25, 0.3) is 10.9 Å². The van der Waals surface area contributed by atoms with Crippen molar-refractivity contribution in [1.82, 2.24) is 14.3 Å². The maximum absolute atomic E-state index is 13.9. The molecule has 2 aromatic carbocycles. The molecule has 0 spiro atoms. The Morgan fingerprint density at radius 3 is 2.45 bits per heavy atom. The highest BCUT2D eigenvalue weighted by Crippen LogP contribution is 2.36. The summed E-state index contributed by atoms with van der Waals surface area (Å²) in [5, 5.41) is 2.68. The first-order valence-corrected chi connectivity index (χ1v) is 14.9. The van der Waals surface area contributed by atoms with Crippen LogP contribution in [0.4, 0.5) is 4.79 Å². The van der Waals surface area contributed by atoms with Crippen LogP contribution in [0.2, 0.25) is 0 Å². The molecule has 1 unspecified atom stereocenters. The van der Waals surface area contributed by atoms with Gasteiger partial charge in [0.2, 0.25) is 9.84 Å². The zero-order valence-electron chi connectivity index (χ0n) is 21.1. The lowest BCUT2D eigenvalue weighted by atomic mass is 10.1. The van der Waals surface area contributed by atoms with E-state index in [1.807, 2.05) is 0 Å². The Bertz CT molecular complexity index is 1760. The number of fused-ring (bicyclic) bond motifs is 2. The molecule has 1 atom stereocenters. The van der Waals surface area contributed by atoms with E-state index in [0.29, 0.717) is 18.2 Å². The number of nitrogens with one attached hydrogen (secondary N) is 1. The van der Waals surface area contributed by atoms with Crippen molar-refractivity contribution in [3.8, 4) is 0 Å².